The maximum Gasteiger partial charge on any atom is 0.0561 e. The molecule has 1 heterocycles. The smallest absolute Gasteiger partial charge is 0.0561 e. The molecule has 57 heavy (non-hydrogen) atoms. The Balaban J connectivity index is 1.20. The summed E-state index contributed by atoms with van der Waals surface area (Å²) in [6, 6.07) is 65.8. The summed E-state index contributed by atoms with van der Waals surface area (Å²) in [4.78, 5) is 2.49. The maximum atomic E-state index is 2.49. The Bertz CT molecular complexity index is 3200. The third kappa shape index (κ3) is 4.96. The predicted octanol–water partition coefficient (Wildman–Crippen LogP) is 15.3. The van der Waals surface area contributed by atoms with E-state index in [9.17, 15) is 0 Å². The lowest BCUT2D eigenvalue weighted by Crippen LogP contribution is -2.15. The molecule has 0 aliphatic heterocycles. The highest BCUT2D eigenvalue weighted by atomic mass is 15.1. The Morgan fingerprint density at radius 2 is 1.00 bits per heavy atom. The molecule has 0 saturated heterocycles. The monoisotopic (exact) mass is 732 g/mol. The van der Waals surface area contributed by atoms with E-state index in [4.69, 9.17) is 0 Å². The summed E-state index contributed by atoms with van der Waals surface area (Å²) in [5.74, 6) is 0. The molecule has 0 fully saturated rings. The van der Waals surface area contributed by atoms with Crippen LogP contribution in [-0.2, 0) is 10.8 Å². The number of nitrogens with zero attached hydrogens (tertiary/aromatic N) is 2. The molecule has 0 saturated carbocycles. The van der Waals surface area contributed by atoms with E-state index in [1.54, 1.807) is 0 Å². The van der Waals surface area contributed by atoms with E-state index in [0.717, 1.165) is 17.1 Å². The van der Waals surface area contributed by atoms with Crippen molar-refractivity contribution in [3.05, 3.63) is 193 Å². The normalized spacial score (nSPS) is 13.5. The van der Waals surface area contributed by atoms with E-state index in [-0.39, 0.29) is 10.8 Å². The van der Waals surface area contributed by atoms with E-state index in [1.165, 1.54) is 87.6 Å². The molecule has 0 N–H and O–H groups in total. The summed E-state index contributed by atoms with van der Waals surface area (Å²) in [6.45, 7) is 11.6. The minimum Gasteiger partial charge on any atom is -0.310 e. The van der Waals surface area contributed by atoms with Gasteiger partial charge in [-0.15, -0.1) is 0 Å². The third-order valence-electron chi connectivity index (χ3n) is 12.7. The molecule has 2 heteroatoms. The van der Waals surface area contributed by atoms with Gasteiger partial charge in [0.15, 0.2) is 0 Å². The van der Waals surface area contributed by atoms with Gasteiger partial charge in [-0.25, -0.2) is 0 Å². The van der Waals surface area contributed by atoms with Gasteiger partial charge in [-0.05, 0) is 109 Å². The molecule has 0 spiro atoms. The van der Waals surface area contributed by atoms with Crippen molar-refractivity contribution in [3.8, 4) is 16.8 Å². The van der Waals surface area contributed by atoms with Crippen molar-refractivity contribution in [2.45, 2.75) is 45.4 Å². The fourth-order valence-corrected chi connectivity index (χ4v) is 9.87. The van der Waals surface area contributed by atoms with Crippen LogP contribution in [0, 0.1) is 0 Å². The zero-order chi connectivity index (χ0) is 38.6. The van der Waals surface area contributed by atoms with Crippen molar-refractivity contribution in [2.75, 3.05) is 4.90 Å². The standard InChI is InChI=1S/C55H44N2/c1-54(2,3)35-25-27-36(28-26-35)56(51-24-14-21-47-41-16-7-6-15-39(41)40-17-8-9-20-46(40)53(47)51)38-30-32-45-44-19-11-13-23-50(44)57(52(45)34-38)37-29-31-43-42-18-10-12-22-48(42)55(4,5)49(43)33-37/h6-34H,1-5H3. The quantitative estimate of drug-likeness (QED) is 0.164. The second-order valence-electron chi connectivity index (χ2n) is 17.4. The highest BCUT2D eigenvalue weighted by Crippen LogP contribution is 2.50. The Morgan fingerprint density at radius 1 is 0.439 bits per heavy atom. The average Bonchev–Trinajstić information content (AvgIpc) is 3.68. The van der Waals surface area contributed by atoms with E-state index in [0.29, 0.717) is 0 Å². The fourth-order valence-electron chi connectivity index (χ4n) is 9.87. The predicted molar refractivity (Wildman–Crippen MR) is 244 cm³/mol. The highest BCUT2D eigenvalue weighted by Gasteiger charge is 2.35. The molecule has 0 radical (unpaired) electrons. The molecule has 0 atom stereocenters. The van der Waals surface area contributed by atoms with E-state index in [2.05, 4.69) is 220 Å². The van der Waals surface area contributed by atoms with E-state index >= 15 is 0 Å². The summed E-state index contributed by atoms with van der Waals surface area (Å²) < 4.78 is 2.49. The van der Waals surface area contributed by atoms with Gasteiger partial charge in [0.25, 0.3) is 0 Å². The van der Waals surface area contributed by atoms with Gasteiger partial charge in [-0.1, -0.05) is 162 Å². The summed E-state index contributed by atoms with van der Waals surface area (Å²) in [5, 5.41) is 10.1. The summed E-state index contributed by atoms with van der Waals surface area (Å²) in [7, 11) is 0. The zero-order valence-electron chi connectivity index (χ0n) is 33.1. The molecule has 1 aromatic heterocycles. The van der Waals surface area contributed by atoms with Crippen LogP contribution in [-0.4, -0.2) is 4.57 Å². The molecular weight excluding hydrogens is 689 g/mol. The number of para-hydroxylation sites is 1. The largest absolute Gasteiger partial charge is 0.310 e. The minimum atomic E-state index is -0.0941. The van der Waals surface area contributed by atoms with E-state index < -0.39 is 0 Å². The molecule has 274 valence electrons. The van der Waals surface area contributed by atoms with Crippen LogP contribution >= 0.6 is 0 Å². The van der Waals surface area contributed by atoms with Gasteiger partial charge < -0.3 is 9.47 Å². The second kappa shape index (κ2) is 12.2. The van der Waals surface area contributed by atoms with Gasteiger partial charge in [0.1, 0.15) is 0 Å². The van der Waals surface area contributed by atoms with E-state index in [1.807, 2.05) is 0 Å². The number of benzene rings is 9. The highest BCUT2D eigenvalue weighted by molar-refractivity contribution is 6.28. The minimum absolute atomic E-state index is 0.0452. The van der Waals surface area contributed by atoms with Gasteiger partial charge in [0.05, 0.1) is 16.7 Å². The summed E-state index contributed by atoms with van der Waals surface area (Å²) in [5.41, 5.74) is 13.7. The Hall–Kier alpha value is -6.64. The van der Waals surface area contributed by atoms with Gasteiger partial charge in [0, 0.05) is 38.6 Å². The van der Waals surface area contributed by atoms with Crippen molar-refractivity contribution in [3.63, 3.8) is 0 Å². The van der Waals surface area contributed by atoms with Crippen molar-refractivity contribution in [1.29, 1.82) is 0 Å². The molecule has 10 aromatic rings. The molecule has 0 amide bonds. The number of hydrogen-bond acceptors (Lipinski definition) is 1. The van der Waals surface area contributed by atoms with Crippen molar-refractivity contribution in [1.82, 2.24) is 4.57 Å². The van der Waals surface area contributed by atoms with Crippen LogP contribution in [0.5, 0.6) is 0 Å². The maximum absolute atomic E-state index is 2.49. The number of rotatable bonds is 4. The van der Waals surface area contributed by atoms with Crippen LogP contribution in [0.25, 0.3) is 70.9 Å². The first-order chi connectivity index (χ1) is 27.7. The second-order valence-corrected chi connectivity index (χ2v) is 17.4. The third-order valence-corrected chi connectivity index (χ3v) is 12.7. The Kier molecular flexibility index (Phi) is 7.20. The van der Waals surface area contributed by atoms with Gasteiger partial charge in [-0.2, -0.15) is 0 Å². The van der Waals surface area contributed by atoms with Crippen LogP contribution in [0.3, 0.4) is 0 Å². The summed E-state index contributed by atoms with van der Waals surface area (Å²) >= 11 is 0. The zero-order valence-corrected chi connectivity index (χ0v) is 33.1. The Morgan fingerprint density at radius 3 is 1.72 bits per heavy atom. The lowest BCUT2D eigenvalue weighted by Gasteiger charge is -2.29. The van der Waals surface area contributed by atoms with Gasteiger partial charge in [-0.3, -0.25) is 0 Å². The van der Waals surface area contributed by atoms with Crippen LogP contribution in [0.4, 0.5) is 17.1 Å². The van der Waals surface area contributed by atoms with Crippen molar-refractivity contribution < 1.29 is 0 Å². The fraction of sp³-hybridized carbons (Fsp3) is 0.127. The summed E-state index contributed by atoms with van der Waals surface area (Å²) in [6.07, 6.45) is 0. The molecule has 9 aromatic carbocycles. The Labute approximate surface area is 334 Å². The van der Waals surface area contributed by atoms with Gasteiger partial charge >= 0.3 is 0 Å². The lowest BCUT2D eigenvalue weighted by molar-refractivity contribution is 0.590. The molecule has 1 aliphatic rings. The molecule has 11 rings (SSSR count). The first-order valence-corrected chi connectivity index (χ1v) is 20.2. The SMILES string of the molecule is CC(C)(C)c1ccc(N(c2ccc3c4ccccc4n(-c4ccc5c(c4)C(C)(C)c4ccccc4-5)c3c2)c2cccc3c4ccccc4c4ccccc4c23)cc1. The number of aromatic nitrogens is 1. The molecule has 2 nitrogen and oxygen atoms in total. The van der Waals surface area contributed by atoms with Crippen molar-refractivity contribution >= 4 is 71.2 Å². The number of fused-ring (bicyclic) bond motifs is 12. The van der Waals surface area contributed by atoms with Crippen LogP contribution in [0.1, 0.15) is 51.3 Å². The number of anilines is 3. The average molecular weight is 733 g/mol. The van der Waals surface area contributed by atoms with Crippen molar-refractivity contribution in [2.24, 2.45) is 0 Å². The topological polar surface area (TPSA) is 8.17 Å². The molecule has 0 bridgehead atoms. The molecule has 0 unspecified atom stereocenters. The first-order valence-electron chi connectivity index (χ1n) is 20.2. The van der Waals surface area contributed by atoms with Crippen LogP contribution in [0.2, 0.25) is 0 Å². The van der Waals surface area contributed by atoms with Crippen LogP contribution < -0.4 is 4.90 Å². The van der Waals surface area contributed by atoms with Gasteiger partial charge in [0.2, 0.25) is 0 Å². The molecular formula is C55H44N2. The first kappa shape index (κ1) is 33.7. The van der Waals surface area contributed by atoms with Crippen LogP contribution in [0.15, 0.2) is 176 Å². The lowest BCUT2D eigenvalue weighted by atomic mass is 9.82. The molecule has 1 aliphatic carbocycles. The number of hydrogen-bond donors (Lipinski definition) is 0.